The van der Waals surface area contributed by atoms with Crippen molar-refractivity contribution < 1.29 is 4.79 Å². The molecule has 0 aromatic carbocycles. The number of pyridine rings is 2. The molecule has 0 aliphatic heterocycles. The summed E-state index contributed by atoms with van der Waals surface area (Å²) in [4.78, 5) is 28.4. The maximum absolute atomic E-state index is 12.3. The number of hydrogen-bond donors (Lipinski definition) is 1. The minimum Gasteiger partial charge on any atom is -0.348 e. The van der Waals surface area contributed by atoms with Crippen LogP contribution in [0.5, 0.6) is 0 Å². The van der Waals surface area contributed by atoms with Gasteiger partial charge < -0.3 is 9.88 Å². The Bertz CT molecular complexity index is 750. The summed E-state index contributed by atoms with van der Waals surface area (Å²) in [6.45, 7) is 5.67. The zero-order valence-corrected chi connectivity index (χ0v) is 13.4. The fourth-order valence-electron chi connectivity index (χ4n) is 2.36. The third-order valence-corrected chi connectivity index (χ3v) is 3.59. The molecular weight excluding hydrogens is 278 g/mol. The van der Waals surface area contributed by atoms with Crippen LogP contribution in [0.25, 0.3) is 0 Å². The van der Waals surface area contributed by atoms with Crippen molar-refractivity contribution in [2.24, 2.45) is 7.05 Å². The molecule has 0 aliphatic carbocycles. The first-order valence-corrected chi connectivity index (χ1v) is 7.28. The second kappa shape index (κ2) is 6.56. The van der Waals surface area contributed by atoms with E-state index in [1.807, 2.05) is 32.0 Å². The van der Waals surface area contributed by atoms with Crippen LogP contribution >= 0.6 is 0 Å². The van der Waals surface area contributed by atoms with E-state index in [0.29, 0.717) is 12.1 Å². The first-order chi connectivity index (χ1) is 10.4. The SMILES string of the molecule is Cc1cccc(C[C@@H](C)NC(=O)c2cc(=O)cc(C)n2C)n1. The second-order valence-corrected chi connectivity index (χ2v) is 5.63. The normalized spacial score (nSPS) is 12.0. The number of nitrogens with zero attached hydrogens (tertiary/aromatic N) is 2. The Kier molecular flexibility index (Phi) is 4.75. The average molecular weight is 299 g/mol. The van der Waals surface area contributed by atoms with Crippen LogP contribution < -0.4 is 10.7 Å². The quantitative estimate of drug-likeness (QED) is 0.935. The van der Waals surface area contributed by atoms with Gasteiger partial charge in [-0.15, -0.1) is 0 Å². The van der Waals surface area contributed by atoms with Gasteiger partial charge in [0.2, 0.25) is 0 Å². The van der Waals surface area contributed by atoms with Gasteiger partial charge in [0.25, 0.3) is 5.91 Å². The lowest BCUT2D eigenvalue weighted by Crippen LogP contribution is -2.36. The van der Waals surface area contributed by atoms with Gasteiger partial charge in [0, 0.05) is 48.7 Å². The Balaban J connectivity index is 2.10. The van der Waals surface area contributed by atoms with Gasteiger partial charge in [0.05, 0.1) is 0 Å². The Morgan fingerprint density at radius 1 is 1.32 bits per heavy atom. The number of hydrogen-bond acceptors (Lipinski definition) is 3. The molecule has 2 aromatic rings. The van der Waals surface area contributed by atoms with Crippen molar-refractivity contribution in [1.29, 1.82) is 0 Å². The zero-order chi connectivity index (χ0) is 16.3. The molecule has 5 nitrogen and oxygen atoms in total. The van der Waals surface area contributed by atoms with Gasteiger partial charge in [-0.1, -0.05) is 6.07 Å². The van der Waals surface area contributed by atoms with E-state index < -0.39 is 0 Å². The third kappa shape index (κ3) is 3.81. The first-order valence-electron chi connectivity index (χ1n) is 7.28. The molecule has 2 heterocycles. The van der Waals surface area contributed by atoms with E-state index in [-0.39, 0.29) is 17.4 Å². The first kappa shape index (κ1) is 15.9. The van der Waals surface area contributed by atoms with Gasteiger partial charge in [-0.2, -0.15) is 0 Å². The standard InChI is InChI=1S/C17H21N3O2/c1-11-6-5-7-14(18-11)8-12(2)19-17(22)16-10-15(21)9-13(3)20(16)4/h5-7,9-10,12H,8H2,1-4H3,(H,19,22)/t12-/m1/s1. The van der Waals surface area contributed by atoms with E-state index in [9.17, 15) is 9.59 Å². The number of carbonyl (C=O) groups excluding carboxylic acids is 1. The Morgan fingerprint density at radius 2 is 2.05 bits per heavy atom. The Morgan fingerprint density at radius 3 is 2.73 bits per heavy atom. The molecule has 0 spiro atoms. The molecular formula is C17H21N3O2. The number of rotatable bonds is 4. The van der Waals surface area contributed by atoms with E-state index in [0.717, 1.165) is 17.1 Å². The molecule has 0 fully saturated rings. The molecule has 1 atom stereocenters. The van der Waals surface area contributed by atoms with Crippen molar-refractivity contribution in [3.63, 3.8) is 0 Å². The average Bonchev–Trinajstić information content (AvgIpc) is 2.42. The highest BCUT2D eigenvalue weighted by Crippen LogP contribution is 2.04. The van der Waals surface area contributed by atoms with Crippen LogP contribution in [0.1, 0.15) is 34.5 Å². The van der Waals surface area contributed by atoms with E-state index >= 15 is 0 Å². The number of nitrogens with one attached hydrogen (secondary N) is 1. The molecule has 0 radical (unpaired) electrons. The fourth-order valence-corrected chi connectivity index (χ4v) is 2.36. The van der Waals surface area contributed by atoms with Gasteiger partial charge in [0.15, 0.2) is 5.43 Å². The van der Waals surface area contributed by atoms with Crippen LogP contribution in [-0.4, -0.2) is 21.5 Å². The molecule has 5 heteroatoms. The molecule has 116 valence electrons. The molecule has 0 aliphatic rings. The van der Waals surface area contributed by atoms with Gasteiger partial charge >= 0.3 is 0 Å². The summed E-state index contributed by atoms with van der Waals surface area (Å²) in [7, 11) is 1.77. The number of aromatic nitrogens is 2. The molecule has 0 bridgehead atoms. The van der Waals surface area contributed by atoms with Crippen molar-refractivity contribution in [2.75, 3.05) is 0 Å². The molecule has 0 saturated heterocycles. The fraction of sp³-hybridized carbons (Fsp3) is 0.353. The zero-order valence-electron chi connectivity index (χ0n) is 13.4. The smallest absolute Gasteiger partial charge is 0.268 e. The highest BCUT2D eigenvalue weighted by molar-refractivity contribution is 5.92. The highest BCUT2D eigenvalue weighted by Gasteiger charge is 2.14. The van der Waals surface area contributed by atoms with Crippen molar-refractivity contribution >= 4 is 5.91 Å². The van der Waals surface area contributed by atoms with Crippen molar-refractivity contribution in [3.8, 4) is 0 Å². The van der Waals surface area contributed by atoms with Crippen LogP contribution in [0.4, 0.5) is 0 Å². The summed E-state index contributed by atoms with van der Waals surface area (Å²) in [5.41, 5.74) is 2.86. The predicted octanol–water partition coefficient (Wildman–Crippen LogP) is 1.76. The Labute approximate surface area is 130 Å². The van der Waals surface area contributed by atoms with E-state index in [4.69, 9.17) is 0 Å². The summed E-state index contributed by atoms with van der Waals surface area (Å²) >= 11 is 0. The lowest BCUT2D eigenvalue weighted by molar-refractivity contribution is 0.0930. The van der Waals surface area contributed by atoms with Crippen molar-refractivity contribution in [1.82, 2.24) is 14.9 Å². The van der Waals surface area contributed by atoms with Crippen molar-refractivity contribution in [2.45, 2.75) is 33.2 Å². The number of carbonyl (C=O) groups is 1. The van der Waals surface area contributed by atoms with Gasteiger partial charge in [-0.05, 0) is 32.9 Å². The maximum Gasteiger partial charge on any atom is 0.268 e. The summed E-state index contributed by atoms with van der Waals surface area (Å²) in [5.74, 6) is -0.247. The lowest BCUT2D eigenvalue weighted by Gasteiger charge is -2.16. The van der Waals surface area contributed by atoms with E-state index in [2.05, 4.69) is 10.3 Å². The van der Waals surface area contributed by atoms with Crippen LogP contribution in [0.15, 0.2) is 35.1 Å². The van der Waals surface area contributed by atoms with E-state index in [1.54, 1.807) is 18.5 Å². The third-order valence-electron chi connectivity index (χ3n) is 3.59. The molecule has 2 rings (SSSR count). The second-order valence-electron chi connectivity index (χ2n) is 5.63. The molecule has 0 unspecified atom stereocenters. The summed E-state index contributed by atoms with van der Waals surface area (Å²) in [5, 5.41) is 2.92. The summed E-state index contributed by atoms with van der Waals surface area (Å²) in [6, 6.07) is 8.64. The van der Waals surface area contributed by atoms with Crippen LogP contribution in [-0.2, 0) is 13.5 Å². The molecule has 0 saturated carbocycles. The Hall–Kier alpha value is -2.43. The van der Waals surface area contributed by atoms with Crippen LogP contribution in [0.2, 0.25) is 0 Å². The van der Waals surface area contributed by atoms with Crippen LogP contribution in [0.3, 0.4) is 0 Å². The molecule has 1 N–H and O–H groups in total. The van der Waals surface area contributed by atoms with Gasteiger partial charge in [-0.3, -0.25) is 14.6 Å². The summed E-state index contributed by atoms with van der Waals surface area (Å²) < 4.78 is 1.72. The molecule has 22 heavy (non-hydrogen) atoms. The van der Waals surface area contributed by atoms with Gasteiger partial charge in [-0.25, -0.2) is 0 Å². The number of amides is 1. The maximum atomic E-state index is 12.3. The molecule has 2 aromatic heterocycles. The minimum atomic E-state index is -0.247. The van der Waals surface area contributed by atoms with Gasteiger partial charge in [0.1, 0.15) is 5.69 Å². The van der Waals surface area contributed by atoms with Crippen molar-refractivity contribution in [3.05, 3.63) is 63.3 Å². The topological polar surface area (TPSA) is 64.0 Å². The van der Waals surface area contributed by atoms with E-state index in [1.165, 1.54) is 12.1 Å². The molecule has 1 amide bonds. The summed E-state index contributed by atoms with van der Waals surface area (Å²) in [6.07, 6.45) is 0.646. The predicted molar refractivity (Wildman–Crippen MR) is 86.0 cm³/mol. The number of aryl methyl sites for hydroxylation is 2. The largest absolute Gasteiger partial charge is 0.348 e. The monoisotopic (exact) mass is 299 g/mol. The lowest BCUT2D eigenvalue weighted by atomic mass is 10.1. The highest BCUT2D eigenvalue weighted by atomic mass is 16.2. The van der Waals surface area contributed by atoms with Crippen LogP contribution in [0, 0.1) is 13.8 Å². The minimum absolute atomic E-state index is 0.0718.